The molecule has 2 unspecified atom stereocenters. The number of rotatable bonds is 2. The number of halogens is 1. The van der Waals surface area contributed by atoms with Gasteiger partial charge in [-0.05, 0) is 14.0 Å². The van der Waals surface area contributed by atoms with E-state index in [1.54, 1.807) is 6.92 Å². The fraction of sp³-hybridized carbons (Fsp3) is 1.00. The van der Waals surface area contributed by atoms with Crippen molar-refractivity contribution in [3.8, 4) is 0 Å². The highest BCUT2D eigenvalue weighted by Gasteiger charge is 2.01. The van der Waals surface area contributed by atoms with Crippen LogP contribution in [0.5, 0.6) is 0 Å². The zero-order valence-electron chi connectivity index (χ0n) is 4.63. The summed E-state index contributed by atoms with van der Waals surface area (Å²) in [5.74, 6) is 0. The van der Waals surface area contributed by atoms with Crippen LogP contribution in [0.2, 0.25) is 0 Å². The molecule has 50 valence electrons. The molecule has 0 spiro atoms. The maximum Gasteiger partial charge on any atom is 0.0698 e. The molecule has 0 saturated carbocycles. The lowest BCUT2D eigenvalue weighted by Gasteiger charge is -2.20. The van der Waals surface area contributed by atoms with Crippen LogP contribution in [0.3, 0.4) is 0 Å². The molecule has 0 heterocycles. The molecule has 8 heavy (non-hydrogen) atoms. The standard InChI is InChI=1S/C3H8INO2S/c1-3(4)5(2)8(6)7/h3H,1-2H3,(H,6,7)/p-1. The van der Waals surface area contributed by atoms with E-state index in [0.717, 1.165) is 0 Å². The average Bonchev–Trinajstić information content (AvgIpc) is 1.64. The second-order valence-corrected chi connectivity index (χ2v) is 4.15. The molecule has 0 rings (SSSR count). The molecule has 0 radical (unpaired) electrons. The molecule has 0 aromatic carbocycles. The molecular formula is C3H7INO2S-. The molecule has 0 aromatic rings. The Hall–Kier alpha value is 0.800. The van der Waals surface area contributed by atoms with Gasteiger partial charge in [0.15, 0.2) is 0 Å². The van der Waals surface area contributed by atoms with Crippen molar-refractivity contribution in [3.63, 3.8) is 0 Å². The summed E-state index contributed by atoms with van der Waals surface area (Å²) in [6, 6.07) is 0. The van der Waals surface area contributed by atoms with E-state index in [1.165, 1.54) is 11.4 Å². The van der Waals surface area contributed by atoms with E-state index in [9.17, 15) is 8.76 Å². The smallest absolute Gasteiger partial charge is 0.0698 e. The van der Waals surface area contributed by atoms with Crippen molar-refractivity contribution < 1.29 is 8.76 Å². The van der Waals surface area contributed by atoms with Crippen LogP contribution < -0.4 is 0 Å². The lowest BCUT2D eigenvalue weighted by molar-refractivity contribution is 0.438. The fourth-order valence-electron chi connectivity index (χ4n) is 0.119. The molecule has 0 N–H and O–H groups in total. The maximum atomic E-state index is 10.1. The molecule has 5 heteroatoms. The lowest BCUT2D eigenvalue weighted by Crippen LogP contribution is -2.25. The van der Waals surface area contributed by atoms with E-state index in [-0.39, 0.29) is 4.05 Å². The van der Waals surface area contributed by atoms with Crippen molar-refractivity contribution in [1.82, 2.24) is 4.31 Å². The average molecular weight is 248 g/mol. The quantitative estimate of drug-likeness (QED) is 0.309. The highest BCUT2D eigenvalue weighted by Crippen LogP contribution is 2.04. The van der Waals surface area contributed by atoms with Crippen LogP contribution in [0.15, 0.2) is 0 Å². The highest BCUT2D eigenvalue weighted by molar-refractivity contribution is 14.1. The topological polar surface area (TPSA) is 43.4 Å². The van der Waals surface area contributed by atoms with E-state index < -0.39 is 11.3 Å². The summed E-state index contributed by atoms with van der Waals surface area (Å²) in [7, 11) is 1.53. The monoisotopic (exact) mass is 248 g/mol. The number of hydrogen-bond donors (Lipinski definition) is 0. The Morgan fingerprint density at radius 3 is 2.25 bits per heavy atom. The molecule has 2 atom stereocenters. The van der Waals surface area contributed by atoms with Crippen LogP contribution in [-0.4, -0.2) is 24.2 Å². The summed E-state index contributed by atoms with van der Waals surface area (Å²) < 4.78 is 21.4. The Labute approximate surface area is 65.0 Å². The third kappa shape index (κ3) is 2.95. The van der Waals surface area contributed by atoms with Crippen molar-refractivity contribution >= 4 is 33.9 Å². The molecule has 0 bridgehead atoms. The van der Waals surface area contributed by atoms with Gasteiger partial charge in [0.05, 0.1) is 4.05 Å². The van der Waals surface area contributed by atoms with Gasteiger partial charge in [-0.2, -0.15) is 0 Å². The van der Waals surface area contributed by atoms with E-state index in [1.807, 2.05) is 22.6 Å². The van der Waals surface area contributed by atoms with Crippen molar-refractivity contribution in [2.45, 2.75) is 11.0 Å². The van der Waals surface area contributed by atoms with Gasteiger partial charge in [-0.15, -0.1) is 0 Å². The normalized spacial score (nSPS) is 18.6. The lowest BCUT2D eigenvalue weighted by atomic mass is 10.8. The zero-order valence-corrected chi connectivity index (χ0v) is 7.60. The summed E-state index contributed by atoms with van der Waals surface area (Å²) >= 11 is -0.0481. The van der Waals surface area contributed by atoms with Crippen LogP contribution in [0.25, 0.3) is 0 Å². The molecule has 0 aliphatic rings. The Balaban J connectivity index is 3.64. The second-order valence-electron chi connectivity index (χ2n) is 1.34. The maximum absolute atomic E-state index is 10.1. The first-order valence-corrected chi connectivity index (χ1v) is 4.29. The zero-order chi connectivity index (χ0) is 6.73. The second kappa shape index (κ2) is 3.76. The predicted molar refractivity (Wildman–Crippen MR) is 40.2 cm³/mol. The minimum Gasteiger partial charge on any atom is -0.760 e. The van der Waals surface area contributed by atoms with Crippen molar-refractivity contribution in [3.05, 3.63) is 0 Å². The van der Waals surface area contributed by atoms with Crippen LogP contribution in [0.1, 0.15) is 6.92 Å². The minimum atomic E-state index is -2.06. The van der Waals surface area contributed by atoms with Gasteiger partial charge in [-0.25, -0.2) is 4.31 Å². The molecule has 0 aliphatic heterocycles. The van der Waals surface area contributed by atoms with Crippen molar-refractivity contribution in [2.24, 2.45) is 0 Å². The first-order chi connectivity index (χ1) is 3.55. The minimum absolute atomic E-state index is 0.0333. The van der Waals surface area contributed by atoms with Gasteiger partial charge < -0.3 is 4.55 Å². The van der Waals surface area contributed by atoms with Crippen molar-refractivity contribution in [1.29, 1.82) is 0 Å². The summed E-state index contributed by atoms with van der Waals surface area (Å²) in [5.41, 5.74) is 0. The van der Waals surface area contributed by atoms with Gasteiger partial charge in [0.25, 0.3) is 0 Å². The SMILES string of the molecule is CC(I)N(C)S(=O)[O-]. The molecular weight excluding hydrogens is 241 g/mol. The first kappa shape index (κ1) is 8.80. The molecule has 0 amide bonds. The van der Waals surface area contributed by atoms with Crippen LogP contribution >= 0.6 is 22.6 Å². The molecule has 3 nitrogen and oxygen atoms in total. The van der Waals surface area contributed by atoms with E-state index >= 15 is 0 Å². The summed E-state index contributed by atoms with van der Waals surface area (Å²) in [6.07, 6.45) is 0. The van der Waals surface area contributed by atoms with Gasteiger partial charge in [-0.3, -0.25) is 4.21 Å². The predicted octanol–water partition coefficient (Wildman–Crippen LogP) is 0.493. The van der Waals surface area contributed by atoms with Gasteiger partial charge in [0.2, 0.25) is 0 Å². The van der Waals surface area contributed by atoms with Crippen LogP contribution in [0, 0.1) is 0 Å². The number of alkyl halides is 1. The number of hydrogen-bond acceptors (Lipinski definition) is 2. The summed E-state index contributed by atoms with van der Waals surface area (Å²) in [4.78, 5) is 0. The Morgan fingerprint density at radius 2 is 2.25 bits per heavy atom. The van der Waals surface area contributed by atoms with Gasteiger partial charge in [0.1, 0.15) is 0 Å². The van der Waals surface area contributed by atoms with E-state index in [0.29, 0.717) is 0 Å². The molecule has 0 aliphatic carbocycles. The van der Waals surface area contributed by atoms with Gasteiger partial charge in [0, 0.05) is 11.3 Å². The van der Waals surface area contributed by atoms with E-state index in [2.05, 4.69) is 0 Å². The van der Waals surface area contributed by atoms with E-state index in [4.69, 9.17) is 0 Å². The molecule has 0 aromatic heterocycles. The third-order valence-corrected chi connectivity index (χ3v) is 2.74. The largest absolute Gasteiger partial charge is 0.760 e. The Bertz CT molecular complexity index is 97.3. The fourth-order valence-corrected chi connectivity index (χ4v) is 0.913. The molecule has 0 fully saturated rings. The van der Waals surface area contributed by atoms with Gasteiger partial charge in [-0.1, -0.05) is 22.6 Å². The summed E-state index contributed by atoms with van der Waals surface area (Å²) in [5, 5.41) is 0. The van der Waals surface area contributed by atoms with Crippen LogP contribution in [-0.2, 0) is 11.3 Å². The molecule has 0 saturated heterocycles. The van der Waals surface area contributed by atoms with Crippen molar-refractivity contribution in [2.75, 3.05) is 7.05 Å². The van der Waals surface area contributed by atoms with Gasteiger partial charge >= 0.3 is 0 Å². The summed E-state index contributed by atoms with van der Waals surface area (Å²) in [6.45, 7) is 1.80. The first-order valence-electron chi connectivity index (χ1n) is 2.02. The Morgan fingerprint density at radius 1 is 1.88 bits per heavy atom. The number of nitrogens with zero attached hydrogens (tertiary/aromatic N) is 1. The highest BCUT2D eigenvalue weighted by atomic mass is 127. The third-order valence-electron chi connectivity index (χ3n) is 0.736. The van der Waals surface area contributed by atoms with Crippen LogP contribution in [0.4, 0.5) is 0 Å². The Kier molecular flexibility index (Phi) is 4.13.